The summed E-state index contributed by atoms with van der Waals surface area (Å²) in [6, 6.07) is 25.0. The Hall–Kier alpha value is -2.99. The highest BCUT2D eigenvalue weighted by molar-refractivity contribution is 6.18. The van der Waals surface area contributed by atoms with E-state index in [2.05, 4.69) is 20.5 Å². The molecule has 4 rings (SSSR count). The zero-order valence-corrected chi connectivity index (χ0v) is 20.7. The van der Waals surface area contributed by atoms with Crippen molar-refractivity contribution in [2.45, 2.75) is 0 Å². The second kappa shape index (κ2) is 12.5. The van der Waals surface area contributed by atoms with E-state index in [1.807, 2.05) is 66.7 Å². The number of fused-ring (bicyclic) bond motifs is 1. The highest BCUT2D eigenvalue weighted by atomic mass is 35.5. The van der Waals surface area contributed by atoms with Crippen molar-refractivity contribution in [2.75, 3.05) is 40.4 Å². The molecule has 0 atom stereocenters. The first-order chi connectivity index (χ1) is 16.2. The maximum atomic E-state index is 12.7. The molecule has 5 nitrogen and oxygen atoms in total. The van der Waals surface area contributed by atoms with Crippen molar-refractivity contribution in [1.82, 2.24) is 4.98 Å². The van der Waals surface area contributed by atoms with Crippen molar-refractivity contribution in [3.8, 4) is 0 Å². The van der Waals surface area contributed by atoms with Crippen LogP contribution in [0.4, 0.5) is 22.7 Å². The van der Waals surface area contributed by atoms with Gasteiger partial charge in [-0.15, -0.1) is 35.6 Å². The SMILES string of the molecule is Cl.O=C(Nc1ccc(N(CCCl)CCCl)cc1)c1ccc(Nc2ccnc3ccccc23)cc1. The topological polar surface area (TPSA) is 57.3 Å². The first-order valence-electron chi connectivity index (χ1n) is 10.7. The van der Waals surface area contributed by atoms with Crippen LogP contribution in [0.15, 0.2) is 85.1 Å². The first kappa shape index (κ1) is 25.6. The molecule has 34 heavy (non-hydrogen) atoms. The number of amides is 1. The van der Waals surface area contributed by atoms with Crippen LogP contribution < -0.4 is 15.5 Å². The zero-order chi connectivity index (χ0) is 23.0. The van der Waals surface area contributed by atoms with E-state index in [0.29, 0.717) is 17.3 Å². The number of halogens is 3. The molecule has 1 aromatic heterocycles. The zero-order valence-electron chi connectivity index (χ0n) is 18.4. The minimum absolute atomic E-state index is 0. The Bertz CT molecular complexity index is 1210. The molecule has 0 spiro atoms. The van der Waals surface area contributed by atoms with Crippen LogP contribution in [0.3, 0.4) is 0 Å². The predicted molar refractivity (Wildman–Crippen MR) is 147 cm³/mol. The van der Waals surface area contributed by atoms with E-state index in [1.165, 1.54) is 0 Å². The van der Waals surface area contributed by atoms with E-state index in [1.54, 1.807) is 18.3 Å². The van der Waals surface area contributed by atoms with Gasteiger partial charge in [0.15, 0.2) is 0 Å². The van der Waals surface area contributed by atoms with Gasteiger partial charge in [0.1, 0.15) is 0 Å². The molecule has 0 fully saturated rings. The van der Waals surface area contributed by atoms with E-state index in [9.17, 15) is 4.79 Å². The van der Waals surface area contributed by atoms with Gasteiger partial charge in [-0.05, 0) is 60.7 Å². The summed E-state index contributed by atoms with van der Waals surface area (Å²) in [6.07, 6.45) is 1.78. The van der Waals surface area contributed by atoms with E-state index in [4.69, 9.17) is 23.2 Å². The number of nitrogens with one attached hydrogen (secondary N) is 2. The highest BCUT2D eigenvalue weighted by Crippen LogP contribution is 2.25. The Labute approximate surface area is 215 Å². The van der Waals surface area contributed by atoms with Crippen LogP contribution in [0.25, 0.3) is 10.9 Å². The molecule has 1 amide bonds. The van der Waals surface area contributed by atoms with Crippen LogP contribution in [0, 0.1) is 0 Å². The summed E-state index contributed by atoms with van der Waals surface area (Å²) in [5.41, 5.74) is 5.12. The number of carbonyl (C=O) groups is 1. The number of rotatable bonds is 9. The molecule has 8 heteroatoms. The van der Waals surface area contributed by atoms with Gasteiger partial charge in [0, 0.05) is 64.7 Å². The number of carbonyl (C=O) groups excluding carboxylic acids is 1. The van der Waals surface area contributed by atoms with Crippen molar-refractivity contribution >= 4 is 75.2 Å². The lowest BCUT2D eigenvalue weighted by atomic mass is 10.1. The maximum absolute atomic E-state index is 12.7. The minimum atomic E-state index is -0.165. The largest absolute Gasteiger partial charge is 0.369 e. The molecule has 0 saturated carbocycles. The molecule has 3 aromatic carbocycles. The lowest BCUT2D eigenvalue weighted by Gasteiger charge is -2.23. The van der Waals surface area contributed by atoms with Gasteiger partial charge in [-0.3, -0.25) is 9.78 Å². The number of para-hydroxylation sites is 1. The van der Waals surface area contributed by atoms with Crippen LogP contribution in [0.5, 0.6) is 0 Å². The lowest BCUT2D eigenvalue weighted by molar-refractivity contribution is 0.102. The number of alkyl halides is 2. The molecule has 0 aliphatic rings. The standard InChI is InChI=1S/C26H24Cl2N4O.ClH/c27-14-17-32(18-15-28)22-11-9-21(10-12-22)31-26(33)19-5-7-20(8-6-19)30-25-13-16-29-24-4-2-1-3-23(24)25;/h1-13,16H,14-15,17-18H2,(H,29,30)(H,31,33);1H. The Morgan fingerprint density at radius 2 is 1.47 bits per heavy atom. The van der Waals surface area contributed by atoms with Gasteiger partial charge in [-0.1, -0.05) is 18.2 Å². The van der Waals surface area contributed by atoms with E-state index in [-0.39, 0.29) is 18.3 Å². The summed E-state index contributed by atoms with van der Waals surface area (Å²) in [5.74, 6) is 0.886. The van der Waals surface area contributed by atoms with Gasteiger partial charge in [-0.25, -0.2) is 0 Å². The average molecular weight is 516 g/mol. The van der Waals surface area contributed by atoms with Crippen LogP contribution in [-0.4, -0.2) is 35.7 Å². The molecule has 4 aromatic rings. The molecule has 176 valence electrons. The van der Waals surface area contributed by atoms with Crippen LogP contribution in [0.1, 0.15) is 10.4 Å². The Morgan fingerprint density at radius 1 is 0.824 bits per heavy atom. The second-order valence-electron chi connectivity index (χ2n) is 7.44. The molecule has 0 saturated heterocycles. The molecule has 0 bridgehead atoms. The van der Waals surface area contributed by atoms with Crippen LogP contribution >= 0.6 is 35.6 Å². The third-order valence-corrected chi connectivity index (χ3v) is 5.61. The maximum Gasteiger partial charge on any atom is 0.255 e. The third-order valence-electron chi connectivity index (χ3n) is 5.27. The number of nitrogens with zero attached hydrogens (tertiary/aromatic N) is 2. The predicted octanol–water partition coefficient (Wildman–Crippen LogP) is 6.94. The average Bonchev–Trinajstić information content (AvgIpc) is 2.85. The molecule has 0 radical (unpaired) electrons. The van der Waals surface area contributed by atoms with Crippen molar-refractivity contribution in [3.63, 3.8) is 0 Å². The summed E-state index contributed by atoms with van der Waals surface area (Å²) >= 11 is 11.8. The molecule has 0 aliphatic carbocycles. The molecule has 1 heterocycles. The lowest BCUT2D eigenvalue weighted by Crippen LogP contribution is -2.27. The molecular weight excluding hydrogens is 491 g/mol. The third kappa shape index (κ3) is 6.32. The molecular formula is C26H25Cl3N4O. The Morgan fingerprint density at radius 3 is 2.15 bits per heavy atom. The Kier molecular flexibility index (Phi) is 9.40. The fourth-order valence-electron chi connectivity index (χ4n) is 3.60. The number of hydrogen-bond acceptors (Lipinski definition) is 4. The molecule has 0 unspecified atom stereocenters. The van der Waals surface area contributed by atoms with Gasteiger partial charge in [0.25, 0.3) is 5.91 Å². The number of benzene rings is 3. The number of hydrogen-bond donors (Lipinski definition) is 2. The summed E-state index contributed by atoms with van der Waals surface area (Å²) in [5, 5.41) is 7.39. The number of anilines is 4. The summed E-state index contributed by atoms with van der Waals surface area (Å²) < 4.78 is 0. The van der Waals surface area contributed by atoms with E-state index in [0.717, 1.165) is 46.7 Å². The number of pyridine rings is 1. The van der Waals surface area contributed by atoms with Crippen molar-refractivity contribution in [1.29, 1.82) is 0 Å². The first-order valence-corrected chi connectivity index (χ1v) is 11.7. The fraction of sp³-hybridized carbons (Fsp3) is 0.154. The highest BCUT2D eigenvalue weighted by Gasteiger charge is 2.09. The van der Waals surface area contributed by atoms with Crippen LogP contribution in [0.2, 0.25) is 0 Å². The second-order valence-corrected chi connectivity index (χ2v) is 8.20. The molecule has 0 aliphatic heterocycles. The fourth-order valence-corrected chi connectivity index (χ4v) is 4.01. The summed E-state index contributed by atoms with van der Waals surface area (Å²) in [6.45, 7) is 1.44. The molecule has 2 N–H and O–H groups in total. The van der Waals surface area contributed by atoms with Crippen molar-refractivity contribution < 1.29 is 4.79 Å². The van der Waals surface area contributed by atoms with Gasteiger partial charge in [0.05, 0.1) is 5.52 Å². The number of aromatic nitrogens is 1. The van der Waals surface area contributed by atoms with Crippen LogP contribution in [-0.2, 0) is 0 Å². The monoisotopic (exact) mass is 514 g/mol. The van der Waals surface area contributed by atoms with Crippen molar-refractivity contribution in [3.05, 3.63) is 90.6 Å². The summed E-state index contributed by atoms with van der Waals surface area (Å²) in [7, 11) is 0. The quantitative estimate of drug-likeness (QED) is 0.237. The normalized spacial score (nSPS) is 10.4. The van der Waals surface area contributed by atoms with E-state index < -0.39 is 0 Å². The van der Waals surface area contributed by atoms with Gasteiger partial charge in [0.2, 0.25) is 0 Å². The van der Waals surface area contributed by atoms with E-state index >= 15 is 0 Å². The van der Waals surface area contributed by atoms with Gasteiger partial charge in [-0.2, -0.15) is 0 Å². The smallest absolute Gasteiger partial charge is 0.255 e. The van der Waals surface area contributed by atoms with Gasteiger partial charge < -0.3 is 15.5 Å². The minimum Gasteiger partial charge on any atom is -0.369 e. The van der Waals surface area contributed by atoms with Crippen molar-refractivity contribution in [2.24, 2.45) is 0 Å². The Balaban J connectivity index is 0.00000324. The summed E-state index contributed by atoms with van der Waals surface area (Å²) in [4.78, 5) is 19.2. The van der Waals surface area contributed by atoms with Gasteiger partial charge >= 0.3 is 0 Å².